The largest absolute Gasteiger partial charge is 0.404 e. The van der Waals surface area contributed by atoms with Crippen LogP contribution in [0.4, 0.5) is 26.3 Å². The van der Waals surface area contributed by atoms with Crippen molar-refractivity contribution in [1.29, 1.82) is 5.26 Å². The van der Waals surface area contributed by atoms with Crippen molar-refractivity contribution in [3.05, 3.63) is 35.4 Å². The SMILES string of the molecule is N#Cc1ccc(C(C(F)(F)F)C(F)(F)F)cc1. The summed E-state index contributed by atoms with van der Waals surface area (Å²) < 4.78 is 73.8. The highest BCUT2D eigenvalue weighted by atomic mass is 19.4. The first-order chi connectivity index (χ1) is 7.66. The summed E-state index contributed by atoms with van der Waals surface area (Å²) >= 11 is 0. The Hall–Kier alpha value is -1.71. The molecule has 0 amide bonds. The quantitative estimate of drug-likeness (QED) is 0.699. The van der Waals surface area contributed by atoms with Crippen molar-refractivity contribution in [2.75, 3.05) is 0 Å². The summed E-state index contributed by atoms with van der Waals surface area (Å²) in [4.78, 5) is 0. The van der Waals surface area contributed by atoms with E-state index in [1.165, 1.54) is 0 Å². The predicted octanol–water partition coefficient (Wildman–Crippen LogP) is 3.77. The second-order valence-electron chi connectivity index (χ2n) is 3.25. The van der Waals surface area contributed by atoms with Crippen molar-refractivity contribution in [3.8, 4) is 6.07 Å². The monoisotopic (exact) mass is 253 g/mol. The highest BCUT2D eigenvalue weighted by Gasteiger charge is 2.57. The number of alkyl halides is 6. The van der Waals surface area contributed by atoms with Gasteiger partial charge in [0, 0.05) is 0 Å². The van der Waals surface area contributed by atoms with Gasteiger partial charge < -0.3 is 0 Å². The van der Waals surface area contributed by atoms with Gasteiger partial charge in [-0.1, -0.05) is 12.1 Å². The van der Waals surface area contributed by atoms with Crippen molar-refractivity contribution >= 4 is 0 Å². The van der Waals surface area contributed by atoms with Gasteiger partial charge in [0.1, 0.15) is 0 Å². The lowest BCUT2D eigenvalue weighted by molar-refractivity contribution is -0.253. The Morgan fingerprint density at radius 2 is 1.29 bits per heavy atom. The fourth-order valence-corrected chi connectivity index (χ4v) is 1.31. The molecule has 0 saturated heterocycles. The van der Waals surface area contributed by atoms with Crippen molar-refractivity contribution in [1.82, 2.24) is 0 Å². The molecule has 0 aliphatic rings. The van der Waals surface area contributed by atoms with E-state index in [1.54, 1.807) is 6.07 Å². The second kappa shape index (κ2) is 4.28. The third-order valence-electron chi connectivity index (χ3n) is 2.03. The minimum Gasteiger partial charge on any atom is -0.192 e. The Morgan fingerprint density at radius 3 is 1.59 bits per heavy atom. The topological polar surface area (TPSA) is 23.8 Å². The first-order valence-electron chi connectivity index (χ1n) is 4.29. The van der Waals surface area contributed by atoms with Gasteiger partial charge in [-0.2, -0.15) is 31.6 Å². The molecule has 0 bridgehead atoms. The second-order valence-corrected chi connectivity index (χ2v) is 3.25. The van der Waals surface area contributed by atoms with E-state index in [-0.39, 0.29) is 5.56 Å². The van der Waals surface area contributed by atoms with E-state index >= 15 is 0 Å². The summed E-state index contributed by atoms with van der Waals surface area (Å²) in [6, 6.07) is 4.75. The molecular weight excluding hydrogens is 248 g/mol. The van der Waals surface area contributed by atoms with Crippen molar-refractivity contribution < 1.29 is 26.3 Å². The lowest BCUT2D eigenvalue weighted by Gasteiger charge is -2.23. The zero-order valence-electron chi connectivity index (χ0n) is 8.10. The molecule has 1 rings (SSSR count). The van der Waals surface area contributed by atoms with Gasteiger partial charge in [-0.15, -0.1) is 0 Å². The molecular formula is C10H5F6N. The molecule has 1 aromatic rings. The zero-order valence-corrected chi connectivity index (χ0v) is 8.10. The van der Waals surface area contributed by atoms with Crippen molar-refractivity contribution in [3.63, 3.8) is 0 Å². The minimum absolute atomic E-state index is 0.00292. The Balaban J connectivity index is 3.20. The summed E-state index contributed by atoms with van der Waals surface area (Å²) in [5.74, 6) is -3.53. The molecule has 0 spiro atoms. The van der Waals surface area contributed by atoms with Crippen LogP contribution < -0.4 is 0 Å². The van der Waals surface area contributed by atoms with E-state index in [9.17, 15) is 26.3 Å². The molecule has 92 valence electrons. The summed E-state index contributed by atoms with van der Waals surface area (Å²) in [6.45, 7) is 0. The molecule has 0 aliphatic heterocycles. The van der Waals surface area contributed by atoms with E-state index in [1.807, 2.05) is 0 Å². The van der Waals surface area contributed by atoms with Gasteiger partial charge in [0.05, 0.1) is 11.6 Å². The van der Waals surface area contributed by atoms with Crippen LogP contribution in [0.2, 0.25) is 0 Å². The van der Waals surface area contributed by atoms with E-state index in [2.05, 4.69) is 0 Å². The molecule has 0 unspecified atom stereocenters. The van der Waals surface area contributed by atoms with Crippen LogP contribution in [-0.2, 0) is 0 Å². The van der Waals surface area contributed by atoms with Gasteiger partial charge >= 0.3 is 12.4 Å². The van der Waals surface area contributed by atoms with Gasteiger partial charge in [-0.3, -0.25) is 0 Å². The maximum atomic E-state index is 12.3. The lowest BCUT2D eigenvalue weighted by atomic mass is 9.97. The molecule has 0 radical (unpaired) electrons. The van der Waals surface area contributed by atoms with E-state index in [0.29, 0.717) is 12.1 Å². The number of rotatable bonds is 1. The van der Waals surface area contributed by atoms with Crippen LogP contribution in [-0.4, -0.2) is 12.4 Å². The Labute approximate surface area is 92.3 Å². The third-order valence-corrected chi connectivity index (χ3v) is 2.03. The summed E-state index contributed by atoms with van der Waals surface area (Å²) in [7, 11) is 0. The first kappa shape index (κ1) is 13.4. The minimum atomic E-state index is -5.41. The van der Waals surface area contributed by atoms with Crippen LogP contribution >= 0.6 is 0 Å². The van der Waals surface area contributed by atoms with Crippen LogP contribution in [0.5, 0.6) is 0 Å². The summed E-state index contributed by atoms with van der Waals surface area (Å²) in [5, 5.41) is 8.39. The molecule has 7 heteroatoms. The van der Waals surface area contributed by atoms with Crippen LogP contribution in [0.25, 0.3) is 0 Å². The molecule has 0 heterocycles. The average molecular weight is 253 g/mol. The highest BCUT2D eigenvalue weighted by molar-refractivity contribution is 5.34. The number of nitriles is 1. The van der Waals surface area contributed by atoms with E-state index in [0.717, 1.165) is 12.1 Å². The number of hydrogen-bond donors (Lipinski definition) is 0. The molecule has 1 nitrogen and oxygen atoms in total. The molecule has 0 saturated carbocycles. The van der Waals surface area contributed by atoms with Gasteiger partial charge in [-0.25, -0.2) is 0 Å². The maximum absolute atomic E-state index is 12.3. The van der Waals surface area contributed by atoms with Crippen LogP contribution in [0, 0.1) is 11.3 Å². The standard InChI is InChI=1S/C10H5F6N/c11-9(12,13)8(10(14,15)16)7-3-1-6(5-17)2-4-7/h1-4,8H. The van der Waals surface area contributed by atoms with Crippen LogP contribution in [0.15, 0.2) is 24.3 Å². The van der Waals surface area contributed by atoms with Gasteiger partial charge in [0.2, 0.25) is 0 Å². The molecule has 0 aromatic heterocycles. The molecule has 0 fully saturated rings. The molecule has 0 atom stereocenters. The molecule has 1 aromatic carbocycles. The van der Waals surface area contributed by atoms with Gasteiger partial charge in [0.15, 0.2) is 5.92 Å². The number of hydrogen-bond acceptors (Lipinski definition) is 1. The maximum Gasteiger partial charge on any atom is 0.404 e. The number of nitrogens with zero attached hydrogens (tertiary/aromatic N) is 1. The van der Waals surface area contributed by atoms with Crippen molar-refractivity contribution in [2.45, 2.75) is 18.3 Å². The van der Waals surface area contributed by atoms with E-state index < -0.39 is 23.8 Å². The van der Waals surface area contributed by atoms with E-state index in [4.69, 9.17) is 5.26 Å². The fourth-order valence-electron chi connectivity index (χ4n) is 1.31. The zero-order chi connectivity index (χ0) is 13.3. The normalized spacial score (nSPS) is 12.6. The third kappa shape index (κ3) is 3.12. The number of benzene rings is 1. The smallest absolute Gasteiger partial charge is 0.192 e. The van der Waals surface area contributed by atoms with Crippen LogP contribution in [0.3, 0.4) is 0 Å². The Morgan fingerprint density at radius 1 is 0.882 bits per heavy atom. The number of halogens is 6. The summed E-state index contributed by atoms with van der Waals surface area (Å²) in [6.07, 6.45) is -10.8. The Kier molecular flexibility index (Phi) is 3.36. The van der Waals surface area contributed by atoms with Gasteiger partial charge in [-0.05, 0) is 17.7 Å². The average Bonchev–Trinajstić information content (AvgIpc) is 2.14. The molecule has 0 N–H and O–H groups in total. The fraction of sp³-hybridized carbons (Fsp3) is 0.300. The van der Waals surface area contributed by atoms with Crippen molar-refractivity contribution in [2.24, 2.45) is 0 Å². The summed E-state index contributed by atoms with van der Waals surface area (Å²) in [5.41, 5.74) is -0.930. The Bertz CT molecular complexity index is 408. The lowest BCUT2D eigenvalue weighted by Crippen LogP contribution is -2.34. The molecule has 17 heavy (non-hydrogen) atoms. The predicted molar refractivity (Wildman–Crippen MR) is 46.0 cm³/mol. The molecule has 0 aliphatic carbocycles. The first-order valence-corrected chi connectivity index (χ1v) is 4.29. The van der Waals surface area contributed by atoms with Crippen LogP contribution in [0.1, 0.15) is 17.0 Å². The van der Waals surface area contributed by atoms with Gasteiger partial charge in [0.25, 0.3) is 0 Å². The highest BCUT2D eigenvalue weighted by Crippen LogP contribution is 2.46.